The fraction of sp³-hybridized carbons (Fsp3) is 0.455. The number of piperazine rings is 1. The maximum absolute atomic E-state index is 9.18. The SMILES string of the molecule is OC[C@@H]1CN(c2ccc3nn[nH]c3c2)CCN1. The molecule has 0 unspecified atom stereocenters. The van der Waals surface area contributed by atoms with E-state index in [1.165, 1.54) is 0 Å². The summed E-state index contributed by atoms with van der Waals surface area (Å²) in [5, 5.41) is 23.1. The van der Waals surface area contributed by atoms with E-state index in [4.69, 9.17) is 0 Å². The Morgan fingerprint density at radius 3 is 3.29 bits per heavy atom. The van der Waals surface area contributed by atoms with Gasteiger partial charge in [0.05, 0.1) is 12.1 Å². The average Bonchev–Trinajstić information content (AvgIpc) is 2.86. The van der Waals surface area contributed by atoms with Crippen LogP contribution in [0.1, 0.15) is 0 Å². The third-order valence-electron chi connectivity index (χ3n) is 3.15. The van der Waals surface area contributed by atoms with Gasteiger partial charge in [0.25, 0.3) is 0 Å². The van der Waals surface area contributed by atoms with Gasteiger partial charge in [-0.15, -0.1) is 5.10 Å². The minimum absolute atomic E-state index is 0.152. The molecule has 0 aliphatic carbocycles. The summed E-state index contributed by atoms with van der Waals surface area (Å²) in [5.41, 5.74) is 2.97. The molecule has 1 atom stereocenters. The van der Waals surface area contributed by atoms with Crippen LogP contribution in [0.5, 0.6) is 0 Å². The first-order valence-electron chi connectivity index (χ1n) is 5.77. The Bertz CT molecular complexity index is 511. The molecular weight excluding hydrogens is 218 g/mol. The van der Waals surface area contributed by atoms with Crippen molar-refractivity contribution in [3.63, 3.8) is 0 Å². The highest BCUT2D eigenvalue weighted by atomic mass is 16.3. The second kappa shape index (κ2) is 4.31. The van der Waals surface area contributed by atoms with Crippen molar-refractivity contribution in [2.24, 2.45) is 0 Å². The second-order valence-corrected chi connectivity index (χ2v) is 4.29. The van der Waals surface area contributed by atoms with E-state index in [-0.39, 0.29) is 12.6 Å². The van der Waals surface area contributed by atoms with E-state index in [9.17, 15) is 5.11 Å². The van der Waals surface area contributed by atoms with Gasteiger partial charge in [0.2, 0.25) is 0 Å². The topological polar surface area (TPSA) is 77.1 Å². The van der Waals surface area contributed by atoms with Gasteiger partial charge in [-0.25, -0.2) is 0 Å². The summed E-state index contributed by atoms with van der Waals surface area (Å²) < 4.78 is 0. The van der Waals surface area contributed by atoms with Crippen LogP contribution in [0.4, 0.5) is 5.69 Å². The minimum Gasteiger partial charge on any atom is -0.395 e. The highest BCUT2D eigenvalue weighted by Gasteiger charge is 2.18. The lowest BCUT2D eigenvalue weighted by molar-refractivity contribution is 0.236. The number of fused-ring (bicyclic) bond motifs is 1. The van der Waals surface area contributed by atoms with Crippen molar-refractivity contribution in [2.45, 2.75) is 6.04 Å². The number of aliphatic hydroxyl groups excluding tert-OH is 1. The van der Waals surface area contributed by atoms with E-state index in [0.29, 0.717) is 0 Å². The minimum atomic E-state index is 0.152. The molecule has 6 heteroatoms. The summed E-state index contributed by atoms with van der Waals surface area (Å²) in [4.78, 5) is 2.26. The van der Waals surface area contributed by atoms with Crippen molar-refractivity contribution in [1.82, 2.24) is 20.7 Å². The van der Waals surface area contributed by atoms with Crippen molar-refractivity contribution < 1.29 is 5.11 Å². The number of benzene rings is 1. The predicted molar refractivity (Wildman–Crippen MR) is 65.0 cm³/mol. The Hall–Kier alpha value is -1.66. The van der Waals surface area contributed by atoms with E-state index in [1.54, 1.807) is 0 Å². The normalized spacial score (nSPS) is 21.0. The monoisotopic (exact) mass is 233 g/mol. The molecule has 1 aromatic carbocycles. The van der Waals surface area contributed by atoms with Gasteiger partial charge in [-0.05, 0) is 18.2 Å². The third-order valence-corrected chi connectivity index (χ3v) is 3.15. The number of aromatic amines is 1. The van der Waals surface area contributed by atoms with Gasteiger partial charge in [-0.1, -0.05) is 5.21 Å². The molecule has 0 amide bonds. The van der Waals surface area contributed by atoms with Gasteiger partial charge >= 0.3 is 0 Å². The Kier molecular flexibility index (Phi) is 2.66. The molecule has 1 aliphatic rings. The van der Waals surface area contributed by atoms with Crippen LogP contribution in [0.25, 0.3) is 11.0 Å². The summed E-state index contributed by atoms with van der Waals surface area (Å²) in [5.74, 6) is 0. The second-order valence-electron chi connectivity index (χ2n) is 4.29. The molecule has 2 aromatic rings. The van der Waals surface area contributed by atoms with E-state index in [0.717, 1.165) is 36.4 Å². The highest BCUT2D eigenvalue weighted by molar-refractivity contribution is 5.78. The number of nitrogens with one attached hydrogen (secondary N) is 2. The first-order valence-corrected chi connectivity index (χ1v) is 5.77. The summed E-state index contributed by atoms with van der Waals surface area (Å²) >= 11 is 0. The van der Waals surface area contributed by atoms with E-state index < -0.39 is 0 Å². The van der Waals surface area contributed by atoms with Gasteiger partial charge in [0.1, 0.15) is 5.52 Å². The molecule has 3 N–H and O–H groups in total. The Morgan fingerprint density at radius 2 is 2.41 bits per heavy atom. The molecule has 0 spiro atoms. The largest absolute Gasteiger partial charge is 0.395 e. The van der Waals surface area contributed by atoms with Gasteiger partial charge < -0.3 is 15.3 Å². The first-order chi connectivity index (χ1) is 8.36. The number of H-pyrrole nitrogens is 1. The molecule has 1 fully saturated rings. The van der Waals surface area contributed by atoms with E-state index >= 15 is 0 Å². The van der Waals surface area contributed by atoms with Crippen LogP contribution in [0, 0.1) is 0 Å². The van der Waals surface area contributed by atoms with Gasteiger partial charge in [-0.3, -0.25) is 5.10 Å². The predicted octanol–water partition coefficient (Wildman–Crippen LogP) is -0.272. The lowest BCUT2D eigenvalue weighted by atomic mass is 10.2. The number of aromatic nitrogens is 3. The van der Waals surface area contributed by atoms with Gasteiger partial charge in [0, 0.05) is 31.4 Å². The highest BCUT2D eigenvalue weighted by Crippen LogP contribution is 2.20. The van der Waals surface area contributed by atoms with Gasteiger partial charge in [-0.2, -0.15) is 0 Å². The van der Waals surface area contributed by atoms with Crippen molar-refractivity contribution >= 4 is 16.7 Å². The molecule has 0 bridgehead atoms. The molecule has 0 saturated carbocycles. The van der Waals surface area contributed by atoms with Crippen molar-refractivity contribution in [3.05, 3.63) is 18.2 Å². The lowest BCUT2D eigenvalue weighted by Gasteiger charge is -2.34. The van der Waals surface area contributed by atoms with Crippen molar-refractivity contribution in [1.29, 1.82) is 0 Å². The fourth-order valence-electron chi connectivity index (χ4n) is 2.21. The Labute approximate surface area is 98.6 Å². The molecule has 17 heavy (non-hydrogen) atoms. The summed E-state index contributed by atoms with van der Waals surface area (Å²) in [6.07, 6.45) is 0. The number of hydrogen-bond donors (Lipinski definition) is 3. The number of aliphatic hydroxyl groups is 1. The maximum Gasteiger partial charge on any atom is 0.113 e. The molecular formula is C11H15N5O. The lowest BCUT2D eigenvalue weighted by Crippen LogP contribution is -2.52. The zero-order valence-corrected chi connectivity index (χ0v) is 9.43. The Morgan fingerprint density at radius 1 is 1.47 bits per heavy atom. The first kappa shape index (κ1) is 10.5. The van der Waals surface area contributed by atoms with Crippen LogP contribution in [0.15, 0.2) is 18.2 Å². The van der Waals surface area contributed by atoms with Crippen molar-refractivity contribution in [2.75, 3.05) is 31.1 Å². The molecule has 0 radical (unpaired) electrons. The van der Waals surface area contributed by atoms with Gasteiger partial charge in [0.15, 0.2) is 0 Å². The molecule has 1 saturated heterocycles. The molecule has 1 aromatic heterocycles. The van der Waals surface area contributed by atoms with Crippen LogP contribution in [0.3, 0.4) is 0 Å². The maximum atomic E-state index is 9.18. The average molecular weight is 233 g/mol. The molecule has 2 heterocycles. The number of anilines is 1. The number of hydrogen-bond acceptors (Lipinski definition) is 5. The summed E-state index contributed by atoms with van der Waals surface area (Å²) in [6.45, 7) is 2.84. The molecule has 3 rings (SSSR count). The van der Waals surface area contributed by atoms with Crippen LogP contribution >= 0.6 is 0 Å². The van der Waals surface area contributed by atoms with Crippen LogP contribution in [-0.4, -0.2) is 52.8 Å². The molecule has 90 valence electrons. The molecule has 1 aliphatic heterocycles. The van der Waals surface area contributed by atoms with E-state index in [2.05, 4.69) is 31.7 Å². The number of nitrogens with zero attached hydrogens (tertiary/aromatic N) is 3. The zero-order chi connectivity index (χ0) is 11.7. The van der Waals surface area contributed by atoms with E-state index in [1.807, 2.05) is 12.1 Å². The Balaban J connectivity index is 1.86. The smallest absolute Gasteiger partial charge is 0.113 e. The third kappa shape index (κ3) is 1.96. The van der Waals surface area contributed by atoms with Crippen LogP contribution in [-0.2, 0) is 0 Å². The molecule has 6 nitrogen and oxygen atoms in total. The van der Waals surface area contributed by atoms with Crippen molar-refractivity contribution in [3.8, 4) is 0 Å². The van der Waals surface area contributed by atoms with Crippen LogP contribution < -0.4 is 10.2 Å². The summed E-state index contributed by atoms with van der Waals surface area (Å²) in [7, 11) is 0. The standard InChI is InChI=1S/C11H15N5O/c17-7-8-6-16(4-3-12-8)9-1-2-10-11(5-9)14-15-13-10/h1-2,5,8,12,17H,3-4,6-7H2,(H,13,14,15)/t8-/m0/s1. The zero-order valence-electron chi connectivity index (χ0n) is 9.43. The number of rotatable bonds is 2. The van der Waals surface area contributed by atoms with Crippen LogP contribution in [0.2, 0.25) is 0 Å². The summed E-state index contributed by atoms with van der Waals surface area (Å²) in [6, 6.07) is 6.21. The fourth-order valence-corrected chi connectivity index (χ4v) is 2.21. The quantitative estimate of drug-likeness (QED) is 0.665.